The van der Waals surface area contributed by atoms with Gasteiger partial charge in [-0.25, -0.2) is 14.6 Å². The number of nitrogens with one attached hydrogen (secondary N) is 2. The minimum atomic E-state index is -1.13. The molecule has 0 saturated carbocycles. The number of aromatic nitrogens is 1. The number of ether oxygens (including phenoxy) is 1. The number of aliphatic carboxylic acids is 1. The lowest BCUT2D eigenvalue weighted by Gasteiger charge is -2.17. The van der Waals surface area contributed by atoms with Crippen LogP contribution in [-0.2, 0) is 9.53 Å². The number of anilines is 1. The number of benzene rings is 2. The molecule has 0 radical (unpaired) electrons. The summed E-state index contributed by atoms with van der Waals surface area (Å²) in [5.74, 6) is -2.02. The lowest BCUT2D eigenvalue weighted by atomic mass is 9.98. The van der Waals surface area contributed by atoms with Gasteiger partial charge in [-0.2, -0.15) is 0 Å². The fraction of sp³-hybridized carbons (Fsp3) is 0.231. The predicted octanol–water partition coefficient (Wildman–Crippen LogP) is 4.28. The van der Waals surface area contributed by atoms with Crippen molar-refractivity contribution in [2.24, 2.45) is 5.92 Å². The number of carbonyl (C=O) groups is 3. The van der Waals surface area contributed by atoms with E-state index in [4.69, 9.17) is 4.74 Å². The third kappa shape index (κ3) is 4.76. The van der Waals surface area contributed by atoms with Crippen molar-refractivity contribution >= 4 is 23.8 Å². The Labute approximate surface area is 197 Å². The molecule has 174 valence electrons. The smallest absolute Gasteiger partial charge is 0.412 e. The molecule has 1 heterocycles. The van der Waals surface area contributed by atoms with Gasteiger partial charge in [0.05, 0.1) is 0 Å². The van der Waals surface area contributed by atoms with Crippen LogP contribution in [0.3, 0.4) is 0 Å². The van der Waals surface area contributed by atoms with E-state index in [1.807, 2.05) is 36.4 Å². The predicted molar refractivity (Wildman–Crippen MR) is 127 cm³/mol. The highest BCUT2D eigenvalue weighted by Crippen LogP contribution is 2.44. The molecule has 2 aromatic carbocycles. The number of carbonyl (C=O) groups excluding carboxylic acids is 2. The third-order valence-corrected chi connectivity index (χ3v) is 5.77. The molecule has 3 N–H and O–H groups in total. The van der Waals surface area contributed by atoms with Crippen LogP contribution in [0.2, 0.25) is 0 Å². The van der Waals surface area contributed by atoms with Gasteiger partial charge in [-0.05, 0) is 40.3 Å². The van der Waals surface area contributed by atoms with E-state index in [1.54, 1.807) is 19.9 Å². The van der Waals surface area contributed by atoms with Gasteiger partial charge in [0.15, 0.2) is 0 Å². The van der Waals surface area contributed by atoms with Crippen LogP contribution in [0.5, 0.6) is 0 Å². The van der Waals surface area contributed by atoms with E-state index in [9.17, 15) is 19.5 Å². The first kappa shape index (κ1) is 23.0. The minimum absolute atomic E-state index is 0.0108. The molecular weight excluding hydrogens is 434 g/mol. The van der Waals surface area contributed by atoms with Crippen LogP contribution in [0.1, 0.15) is 41.4 Å². The fourth-order valence-corrected chi connectivity index (χ4v) is 4.10. The van der Waals surface area contributed by atoms with E-state index in [0.717, 1.165) is 22.3 Å². The molecule has 0 aliphatic heterocycles. The average molecular weight is 460 g/mol. The van der Waals surface area contributed by atoms with Crippen molar-refractivity contribution in [3.63, 3.8) is 0 Å². The van der Waals surface area contributed by atoms with Crippen molar-refractivity contribution in [2.75, 3.05) is 11.9 Å². The normalized spacial score (nSPS) is 13.0. The topological polar surface area (TPSA) is 118 Å². The molecule has 0 fully saturated rings. The van der Waals surface area contributed by atoms with Crippen LogP contribution in [-0.4, -0.2) is 40.7 Å². The largest absolute Gasteiger partial charge is 0.480 e. The number of nitrogens with zero attached hydrogens (tertiary/aromatic N) is 1. The Morgan fingerprint density at radius 3 is 2.15 bits per heavy atom. The number of hydrogen-bond donors (Lipinski definition) is 3. The molecule has 1 atom stereocenters. The van der Waals surface area contributed by atoms with Crippen molar-refractivity contribution in [3.05, 3.63) is 83.6 Å². The number of carboxylic acids is 1. The Kier molecular flexibility index (Phi) is 6.58. The summed E-state index contributed by atoms with van der Waals surface area (Å²) in [7, 11) is 0. The Bertz CT molecular complexity index is 1190. The summed E-state index contributed by atoms with van der Waals surface area (Å²) in [6.45, 7) is 3.54. The number of pyridine rings is 1. The quantitative estimate of drug-likeness (QED) is 0.485. The van der Waals surface area contributed by atoms with Gasteiger partial charge < -0.3 is 15.2 Å². The molecular formula is C26H25N3O5. The fourth-order valence-electron chi connectivity index (χ4n) is 4.10. The molecule has 34 heavy (non-hydrogen) atoms. The van der Waals surface area contributed by atoms with Crippen molar-refractivity contribution in [1.82, 2.24) is 10.3 Å². The molecule has 3 aromatic rings. The average Bonchev–Trinajstić information content (AvgIpc) is 3.14. The van der Waals surface area contributed by atoms with Gasteiger partial charge in [0, 0.05) is 5.92 Å². The number of fused-ring (bicyclic) bond motifs is 3. The van der Waals surface area contributed by atoms with E-state index < -0.39 is 24.0 Å². The third-order valence-electron chi connectivity index (χ3n) is 5.77. The van der Waals surface area contributed by atoms with Gasteiger partial charge >= 0.3 is 12.1 Å². The molecule has 1 aliphatic carbocycles. The van der Waals surface area contributed by atoms with E-state index in [0.29, 0.717) is 0 Å². The van der Waals surface area contributed by atoms with Crippen LogP contribution in [0.4, 0.5) is 10.6 Å². The van der Waals surface area contributed by atoms with Crippen molar-refractivity contribution in [3.8, 4) is 11.1 Å². The zero-order valence-corrected chi connectivity index (χ0v) is 18.8. The van der Waals surface area contributed by atoms with Gasteiger partial charge in [0.2, 0.25) is 0 Å². The monoisotopic (exact) mass is 459 g/mol. The van der Waals surface area contributed by atoms with Crippen LogP contribution in [0, 0.1) is 5.92 Å². The maximum Gasteiger partial charge on any atom is 0.412 e. The summed E-state index contributed by atoms with van der Waals surface area (Å²) in [5.41, 5.74) is 4.46. The zero-order valence-electron chi connectivity index (χ0n) is 18.8. The molecule has 2 amide bonds. The van der Waals surface area contributed by atoms with Gasteiger partial charge in [-0.3, -0.25) is 10.1 Å². The molecule has 1 aromatic heterocycles. The lowest BCUT2D eigenvalue weighted by Crippen LogP contribution is -2.44. The highest BCUT2D eigenvalue weighted by molar-refractivity contribution is 5.95. The molecule has 4 rings (SSSR count). The highest BCUT2D eigenvalue weighted by Gasteiger charge is 2.29. The first-order valence-electron chi connectivity index (χ1n) is 11.0. The molecule has 0 saturated heterocycles. The summed E-state index contributed by atoms with van der Waals surface area (Å²) in [6.07, 6.45) is -0.697. The summed E-state index contributed by atoms with van der Waals surface area (Å²) < 4.78 is 5.50. The molecule has 1 aliphatic rings. The van der Waals surface area contributed by atoms with Crippen molar-refractivity contribution in [2.45, 2.75) is 25.8 Å². The Hall–Kier alpha value is -4.20. The molecule has 8 heteroatoms. The summed E-state index contributed by atoms with van der Waals surface area (Å²) in [4.78, 5) is 40.4. The summed E-state index contributed by atoms with van der Waals surface area (Å²) in [5, 5.41) is 14.3. The first-order chi connectivity index (χ1) is 16.3. The maximum absolute atomic E-state index is 12.5. The summed E-state index contributed by atoms with van der Waals surface area (Å²) >= 11 is 0. The van der Waals surface area contributed by atoms with Crippen LogP contribution >= 0.6 is 0 Å². The second-order valence-corrected chi connectivity index (χ2v) is 8.39. The van der Waals surface area contributed by atoms with E-state index in [1.165, 1.54) is 12.1 Å². The number of carboxylic acid groups (broad SMARTS) is 1. The van der Waals surface area contributed by atoms with Crippen LogP contribution < -0.4 is 10.6 Å². The second kappa shape index (κ2) is 9.74. The molecule has 0 bridgehead atoms. The van der Waals surface area contributed by atoms with Crippen molar-refractivity contribution in [1.29, 1.82) is 0 Å². The first-order valence-corrected chi connectivity index (χ1v) is 11.0. The van der Waals surface area contributed by atoms with Gasteiger partial charge in [0.1, 0.15) is 24.2 Å². The van der Waals surface area contributed by atoms with Crippen LogP contribution in [0.25, 0.3) is 11.1 Å². The van der Waals surface area contributed by atoms with E-state index in [-0.39, 0.29) is 30.0 Å². The van der Waals surface area contributed by atoms with Gasteiger partial charge in [0.25, 0.3) is 5.91 Å². The number of amides is 2. The van der Waals surface area contributed by atoms with Gasteiger partial charge in [-0.1, -0.05) is 68.4 Å². The minimum Gasteiger partial charge on any atom is -0.480 e. The SMILES string of the molecule is CC(C)C(NC(=O)c1cccc(NC(=O)OCC2c3ccccc3-c3ccccc32)n1)C(=O)O. The maximum atomic E-state index is 12.5. The van der Waals surface area contributed by atoms with E-state index >= 15 is 0 Å². The Morgan fingerprint density at radius 1 is 0.941 bits per heavy atom. The van der Waals surface area contributed by atoms with Gasteiger partial charge in [-0.15, -0.1) is 0 Å². The summed E-state index contributed by atoms with van der Waals surface area (Å²) in [6, 6.07) is 19.6. The molecule has 1 unspecified atom stereocenters. The second-order valence-electron chi connectivity index (χ2n) is 8.39. The Balaban J connectivity index is 1.41. The van der Waals surface area contributed by atoms with E-state index in [2.05, 4.69) is 27.8 Å². The zero-order chi connectivity index (χ0) is 24.2. The Morgan fingerprint density at radius 2 is 1.56 bits per heavy atom. The van der Waals surface area contributed by atoms with Crippen LogP contribution in [0.15, 0.2) is 66.7 Å². The lowest BCUT2D eigenvalue weighted by molar-refractivity contribution is -0.140. The highest BCUT2D eigenvalue weighted by atomic mass is 16.5. The molecule has 0 spiro atoms. The molecule has 8 nitrogen and oxygen atoms in total. The standard InChI is InChI=1S/C26H25N3O5/c1-15(2)23(25(31)32)29-24(30)21-12-7-13-22(27-21)28-26(33)34-14-20-18-10-5-3-8-16(18)17-9-4-6-11-19(17)20/h3-13,15,20,23H,14H2,1-2H3,(H,29,30)(H,31,32)(H,27,28,33). The van der Waals surface area contributed by atoms with Crippen molar-refractivity contribution < 1.29 is 24.2 Å². The number of hydrogen-bond acceptors (Lipinski definition) is 5. The number of rotatable bonds is 7.